The second-order valence-corrected chi connectivity index (χ2v) is 8.12. The molecule has 1 N–H and O–H groups in total. The Morgan fingerprint density at radius 2 is 1.97 bits per heavy atom. The summed E-state index contributed by atoms with van der Waals surface area (Å²) in [5.74, 6) is 0.246. The second-order valence-electron chi connectivity index (χ2n) is 6.70. The SMILES string of the molecule is CN(C)C(CNC(=O)c1ccc(Oc2ccc(Cl)cc2[N+](=O)[O-])cc1)c1cccs1. The Morgan fingerprint density at radius 1 is 1.23 bits per heavy atom. The fraction of sp³-hybridized carbons (Fsp3) is 0.190. The molecule has 1 unspecified atom stereocenters. The van der Waals surface area contributed by atoms with E-state index < -0.39 is 4.92 Å². The highest BCUT2D eigenvalue weighted by Gasteiger charge is 2.18. The van der Waals surface area contributed by atoms with Crippen molar-refractivity contribution in [3.05, 3.63) is 85.6 Å². The number of nitro benzene ring substituents is 1. The van der Waals surface area contributed by atoms with E-state index in [1.165, 1.54) is 23.1 Å². The minimum Gasteiger partial charge on any atom is -0.450 e. The number of hydrogen-bond donors (Lipinski definition) is 1. The molecule has 0 aliphatic rings. The number of benzene rings is 2. The van der Waals surface area contributed by atoms with E-state index in [0.717, 1.165) is 0 Å². The molecule has 0 saturated carbocycles. The molecule has 1 atom stereocenters. The highest BCUT2D eigenvalue weighted by atomic mass is 35.5. The third-order valence-corrected chi connectivity index (χ3v) is 5.62. The van der Waals surface area contributed by atoms with Crippen LogP contribution < -0.4 is 10.1 Å². The van der Waals surface area contributed by atoms with Crippen molar-refractivity contribution in [1.82, 2.24) is 10.2 Å². The topological polar surface area (TPSA) is 84.7 Å². The van der Waals surface area contributed by atoms with Gasteiger partial charge in [0.25, 0.3) is 5.91 Å². The molecule has 7 nitrogen and oxygen atoms in total. The normalized spacial score (nSPS) is 11.9. The number of amides is 1. The number of carbonyl (C=O) groups is 1. The van der Waals surface area contributed by atoms with E-state index in [1.807, 2.05) is 31.6 Å². The lowest BCUT2D eigenvalue weighted by Gasteiger charge is -2.23. The summed E-state index contributed by atoms with van der Waals surface area (Å²) in [6, 6.07) is 14.7. The number of hydrogen-bond acceptors (Lipinski definition) is 6. The summed E-state index contributed by atoms with van der Waals surface area (Å²) in [6.07, 6.45) is 0. The quantitative estimate of drug-likeness (QED) is 0.383. The van der Waals surface area contributed by atoms with Gasteiger partial charge < -0.3 is 15.0 Å². The van der Waals surface area contributed by atoms with E-state index in [0.29, 0.717) is 17.9 Å². The Balaban J connectivity index is 1.65. The molecule has 156 valence electrons. The first-order chi connectivity index (χ1) is 14.3. The number of thiophene rings is 1. The van der Waals surface area contributed by atoms with Crippen LogP contribution in [0.3, 0.4) is 0 Å². The largest absolute Gasteiger partial charge is 0.450 e. The van der Waals surface area contributed by atoms with Crippen LogP contribution in [-0.4, -0.2) is 36.4 Å². The Bertz CT molecular complexity index is 1020. The van der Waals surface area contributed by atoms with Gasteiger partial charge in [-0.15, -0.1) is 11.3 Å². The predicted molar refractivity (Wildman–Crippen MR) is 118 cm³/mol. The molecule has 30 heavy (non-hydrogen) atoms. The smallest absolute Gasteiger partial charge is 0.313 e. The maximum absolute atomic E-state index is 12.5. The average Bonchev–Trinajstić information content (AvgIpc) is 3.24. The fourth-order valence-corrected chi connectivity index (χ4v) is 3.92. The summed E-state index contributed by atoms with van der Waals surface area (Å²) in [4.78, 5) is 26.4. The van der Waals surface area contributed by atoms with E-state index in [1.54, 1.807) is 35.6 Å². The number of ether oxygens (including phenoxy) is 1. The van der Waals surface area contributed by atoms with Gasteiger partial charge in [-0.05, 0) is 61.9 Å². The van der Waals surface area contributed by atoms with Crippen LogP contribution in [-0.2, 0) is 0 Å². The van der Waals surface area contributed by atoms with E-state index >= 15 is 0 Å². The number of carbonyl (C=O) groups excluding carboxylic acids is 1. The average molecular weight is 446 g/mol. The Morgan fingerprint density at radius 3 is 2.57 bits per heavy atom. The van der Waals surface area contributed by atoms with Crippen molar-refractivity contribution >= 4 is 34.5 Å². The van der Waals surface area contributed by atoms with Gasteiger partial charge in [0.15, 0.2) is 0 Å². The molecule has 1 aromatic heterocycles. The number of nitrogens with one attached hydrogen (secondary N) is 1. The Hall–Kier alpha value is -2.94. The van der Waals surface area contributed by atoms with Gasteiger partial charge in [-0.3, -0.25) is 14.9 Å². The standard InChI is InChI=1S/C21H20ClN3O4S/c1-24(2)18(20-4-3-11-30-20)13-23-21(26)14-5-8-16(9-6-14)29-19-10-7-15(22)12-17(19)25(27)28/h3-12,18H,13H2,1-2H3,(H,23,26). The first kappa shape index (κ1) is 21.8. The van der Waals surface area contributed by atoms with Gasteiger partial charge >= 0.3 is 5.69 Å². The molecule has 0 bridgehead atoms. The summed E-state index contributed by atoms with van der Waals surface area (Å²) in [5, 5.41) is 16.4. The van der Waals surface area contributed by atoms with Crippen molar-refractivity contribution in [3.8, 4) is 11.5 Å². The van der Waals surface area contributed by atoms with Gasteiger partial charge in [-0.1, -0.05) is 17.7 Å². The Labute approximate surface area is 183 Å². The highest BCUT2D eigenvalue weighted by Crippen LogP contribution is 2.33. The monoisotopic (exact) mass is 445 g/mol. The van der Waals surface area contributed by atoms with Crippen LogP contribution in [0.25, 0.3) is 0 Å². The van der Waals surface area contributed by atoms with E-state index in [4.69, 9.17) is 16.3 Å². The molecule has 0 fully saturated rings. The zero-order valence-electron chi connectivity index (χ0n) is 16.4. The zero-order chi connectivity index (χ0) is 21.7. The molecule has 0 spiro atoms. The highest BCUT2D eigenvalue weighted by molar-refractivity contribution is 7.10. The minimum atomic E-state index is -0.558. The molecule has 0 aliphatic carbocycles. The molecule has 3 aromatic rings. The van der Waals surface area contributed by atoms with Crippen LogP contribution in [0.5, 0.6) is 11.5 Å². The van der Waals surface area contributed by atoms with Gasteiger partial charge in [0.1, 0.15) is 5.75 Å². The minimum absolute atomic E-state index is 0.0753. The fourth-order valence-electron chi connectivity index (χ4n) is 2.83. The number of nitrogens with zero attached hydrogens (tertiary/aromatic N) is 2. The van der Waals surface area contributed by atoms with Crippen LogP contribution in [0, 0.1) is 10.1 Å². The van der Waals surface area contributed by atoms with Crippen molar-refractivity contribution in [3.63, 3.8) is 0 Å². The van der Waals surface area contributed by atoms with Crippen LogP contribution in [0.4, 0.5) is 5.69 Å². The first-order valence-electron chi connectivity index (χ1n) is 9.05. The second kappa shape index (κ2) is 9.71. The third kappa shape index (κ3) is 5.35. The van der Waals surface area contributed by atoms with Crippen LogP contribution in [0.2, 0.25) is 5.02 Å². The summed E-state index contributed by atoms with van der Waals surface area (Å²) in [6.45, 7) is 0.474. The van der Waals surface area contributed by atoms with Crippen LogP contribution in [0.1, 0.15) is 21.3 Å². The van der Waals surface area contributed by atoms with Crippen LogP contribution in [0.15, 0.2) is 60.0 Å². The number of likely N-dealkylation sites (N-methyl/N-ethyl adjacent to an activating group) is 1. The van der Waals surface area contributed by atoms with E-state index in [9.17, 15) is 14.9 Å². The van der Waals surface area contributed by atoms with E-state index in [-0.39, 0.29) is 28.4 Å². The molecule has 2 aromatic carbocycles. The molecular formula is C21H20ClN3O4S. The van der Waals surface area contributed by atoms with Crippen molar-refractivity contribution in [1.29, 1.82) is 0 Å². The summed E-state index contributed by atoms with van der Waals surface area (Å²) >= 11 is 7.46. The lowest BCUT2D eigenvalue weighted by molar-refractivity contribution is -0.385. The molecule has 0 aliphatic heterocycles. The van der Waals surface area contributed by atoms with Crippen molar-refractivity contribution in [2.45, 2.75) is 6.04 Å². The van der Waals surface area contributed by atoms with E-state index in [2.05, 4.69) is 10.2 Å². The van der Waals surface area contributed by atoms with Gasteiger partial charge in [-0.25, -0.2) is 0 Å². The lowest BCUT2D eigenvalue weighted by atomic mass is 10.2. The van der Waals surface area contributed by atoms with Crippen molar-refractivity contribution < 1.29 is 14.5 Å². The maximum Gasteiger partial charge on any atom is 0.313 e. The number of nitro groups is 1. The van der Waals surface area contributed by atoms with Crippen LogP contribution >= 0.6 is 22.9 Å². The molecular weight excluding hydrogens is 426 g/mol. The third-order valence-electron chi connectivity index (χ3n) is 4.41. The molecule has 1 amide bonds. The zero-order valence-corrected chi connectivity index (χ0v) is 17.9. The summed E-state index contributed by atoms with van der Waals surface area (Å²) in [7, 11) is 3.94. The maximum atomic E-state index is 12.5. The Kier molecular flexibility index (Phi) is 7.04. The summed E-state index contributed by atoms with van der Waals surface area (Å²) < 4.78 is 5.60. The summed E-state index contributed by atoms with van der Waals surface area (Å²) in [5.41, 5.74) is 0.240. The number of rotatable bonds is 8. The van der Waals surface area contributed by atoms with Crippen molar-refractivity contribution in [2.75, 3.05) is 20.6 Å². The molecule has 0 radical (unpaired) electrons. The molecule has 9 heteroatoms. The molecule has 0 saturated heterocycles. The van der Waals surface area contributed by atoms with Crippen molar-refractivity contribution in [2.24, 2.45) is 0 Å². The van der Waals surface area contributed by atoms with Gasteiger partial charge in [-0.2, -0.15) is 0 Å². The molecule has 1 heterocycles. The number of halogens is 1. The van der Waals surface area contributed by atoms with Gasteiger partial charge in [0.2, 0.25) is 5.75 Å². The van der Waals surface area contributed by atoms with Gasteiger partial charge in [0, 0.05) is 28.1 Å². The van der Waals surface area contributed by atoms with Gasteiger partial charge in [0.05, 0.1) is 11.0 Å². The predicted octanol–water partition coefficient (Wildman–Crippen LogP) is 5.13. The first-order valence-corrected chi connectivity index (χ1v) is 10.3. The molecule has 3 rings (SSSR count). The lowest BCUT2D eigenvalue weighted by Crippen LogP contribution is -2.34.